The first-order valence-corrected chi connectivity index (χ1v) is 9.15. The van der Waals surface area contributed by atoms with Gasteiger partial charge in [-0.3, -0.25) is 14.9 Å². The van der Waals surface area contributed by atoms with Crippen LogP contribution in [0.4, 0.5) is 5.13 Å². The van der Waals surface area contributed by atoms with Crippen LogP contribution >= 0.6 is 11.3 Å². The molecule has 8 nitrogen and oxygen atoms in total. The van der Waals surface area contributed by atoms with Crippen LogP contribution < -0.4 is 10.1 Å². The van der Waals surface area contributed by atoms with Gasteiger partial charge in [-0.2, -0.15) is 5.10 Å². The first kappa shape index (κ1) is 16.1. The molecule has 2 aromatic rings. The van der Waals surface area contributed by atoms with E-state index in [1.807, 2.05) is 0 Å². The Balaban J connectivity index is 1.51. The van der Waals surface area contributed by atoms with Crippen molar-refractivity contribution in [2.24, 2.45) is 0 Å². The third kappa shape index (κ3) is 2.88. The van der Waals surface area contributed by atoms with Gasteiger partial charge in [-0.05, 0) is 19.8 Å². The molecule has 0 aromatic carbocycles. The van der Waals surface area contributed by atoms with E-state index in [0.29, 0.717) is 36.2 Å². The molecule has 3 heterocycles. The smallest absolute Gasteiger partial charge is 0.315 e. The van der Waals surface area contributed by atoms with Crippen molar-refractivity contribution in [1.82, 2.24) is 14.8 Å². The number of thiazole rings is 1. The molecule has 0 radical (unpaired) electrons. The van der Waals surface area contributed by atoms with E-state index in [1.165, 1.54) is 17.5 Å². The number of fused-ring (bicyclic) bond motifs is 2. The Labute approximate surface area is 148 Å². The molecule has 4 rings (SSSR count). The monoisotopic (exact) mass is 362 g/mol. The fourth-order valence-electron chi connectivity index (χ4n) is 3.14. The van der Waals surface area contributed by atoms with Gasteiger partial charge in [0.2, 0.25) is 5.88 Å². The zero-order chi connectivity index (χ0) is 17.4. The van der Waals surface area contributed by atoms with Crippen LogP contribution in [0.3, 0.4) is 0 Å². The lowest BCUT2D eigenvalue weighted by Crippen LogP contribution is -2.18. The van der Waals surface area contributed by atoms with Crippen molar-refractivity contribution in [3.8, 4) is 5.88 Å². The third-order valence-electron chi connectivity index (χ3n) is 4.30. The molecule has 0 saturated carbocycles. The van der Waals surface area contributed by atoms with Crippen LogP contribution in [-0.2, 0) is 22.5 Å². The van der Waals surface area contributed by atoms with E-state index in [4.69, 9.17) is 9.47 Å². The molecule has 2 aromatic heterocycles. The second kappa shape index (κ2) is 6.47. The van der Waals surface area contributed by atoms with Gasteiger partial charge in [0.25, 0.3) is 5.91 Å². The Hall–Kier alpha value is -2.42. The van der Waals surface area contributed by atoms with E-state index in [9.17, 15) is 9.59 Å². The summed E-state index contributed by atoms with van der Waals surface area (Å²) in [7, 11) is 0. The molecule has 1 aliphatic heterocycles. The largest absolute Gasteiger partial charge is 0.477 e. The number of hydrogen-bond acceptors (Lipinski definition) is 7. The summed E-state index contributed by atoms with van der Waals surface area (Å²) in [5.74, 6) is -0.381. The minimum atomic E-state index is -0.330. The first-order chi connectivity index (χ1) is 12.2. The Bertz CT molecular complexity index is 828. The lowest BCUT2D eigenvalue weighted by Gasteiger charge is -2.15. The summed E-state index contributed by atoms with van der Waals surface area (Å²) in [6.45, 7) is 3.47. The molecule has 0 spiro atoms. The molecule has 1 aliphatic carbocycles. The van der Waals surface area contributed by atoms with Gasteiger partial charge < -0.3 is 9.47 Å². The van der Waals surface area contributed by atoms with E-state index >= 15 is 0 Å². The van der Waals surface area contributed by atoms with Gasteiger partial charge in [0.15, 0.2) is 5.13 Å². The zero-order valence-electron chi connectivity index (χ0n) is 13.8. The second-order valence-corrected chi connectivity index (χ2v) is 7.00. The highest BCUT2D eigenvalue weighted by molar-refractivity contribution is 7.16. The highest BCUT2D eigenvalue weighted by Crippen LogP contribution is 2.39. The standard InChI is InChI=1S/C16H18N4O4S/c1-2-23-15(22)9-4-5-11-12(9)18-16(25-11)19-13(21)10-8-17-20-6-3-7-24-14(10)20/h8-9H,2-7H2,1H3,(H,18,19,21)/t9-/m1/s1. The fraction of sp³-hybridized carbons (Fsp3) is 0.500. The van der Waals surface area contributed by atoms with Gasteiger partial charge in [0.1, 0.15) is 11.5 Å². The maximum atomic E-state index is 12.5. The Morgan fingerprint density at radius 2 is 2.40 bits per heavy atom. The van der Waals surface area contributed by atoms with Crippen molar-refractivity contribution >= 4 is 28.3 Å². The van der Waals surface area contributed by atoms with Crippen LogP contribution in [0.5, 0.6) is 5.88 Å². The van der Waals surface area contributed by atoms with Crippen LogP contribution in [0.15, 0.2) is 6.20 Å². The van der Waals surface area contributed by atoms with E-state index in [0.717, 1.165) is 30.0 Å². The molecule has 132 valence electrons. The van der Waals surface area contributed by atoms with Gasteiger partial charge in [0.05, 0.1) is 25.1 Å². The number of esters is 1. The lowest BCUT2D eigenvalue weighted by atomic mass is 10.1. The summed E-state index contributed by atoms with van der Waals surface area (Å²) in [6, 6.07) is 0. The maximum absolute atomic E-state index is 12.5. The van der Waals surface area contributed by atoms with Crippen molar-refractivity contribution < 1.29 is 19.1 Å². The van der Waals surface area contributed by atoms with Crippen LogP contribution in [0.2, 0.25) is 0 Å². The molecule has 25 heavy (non-hydrogen) atoms. The number of amides is 1. The average molecular weight is 362 g/mol. The van der Waals surface area contributed by atoms with Crippen LogP contribution in [0, 0.1) is 0 Å². The van der Waals surface area contributed by atoms with Crippen LogP contribution in [-0.4, -0.2) is 39.9 Å². The van der Waals surface area contributed by atoms with Crippen LogP contribution in [0.1, 0.15) is 46.6 Å². The van der Waals surface area contributed by atoms with Gasteiger partial charge in [0, 0.05) is 17.8 Å². The quantitative estimate of drug-likeness (QED) is 0.836. The molecule has 0 unspecified atom stereocenters. The molecule has 0 bridgehead atoms. The average Bonchev–Trinajstić information content (AvgIpc) is 3.27. The minimum absolute atomic E-state index is 0.247. The summed E-state index contributed by atoms with van der Waals surface area (Å²) in [6.07, 6.45) is 3.88. The normalized spacial score (nSPS) is 18.2. The highest BCUT2D eigenvalue weighted by Gasteiger charge is 2.34. The maximum Gasteiger partial charge on any atom is 0.315 e. The van der Waals surface area contributed by atoms with Gasteiger partial charge in [-0.15, -0.1) is 11.3 Å². The van der Waals surface area contributed by atoms with E-state index in [2.05, 4.69) is 15.4 Å². The number of carbonyl (C=O) groups excluding carboxylic acids is 2. The molecule has 0 fully saturated rings. The van der Waals surface area contributed by atoms with E-state index in [1.54, 1.807) is 11.6 Å². The number of carbonyl (C=O) groups is 2. The fourth-order valence-corrected chi connectivity index (χ4v) is 4.18. The van der Waals surface area contributed by atoms with Crippen molar-refractivity contribution in [3.05, 3.63) is 22.3 Å². The van der Waals surface area contributed by atoms with Crippen LogP contribution in [0.25, 0.3) is 0 Å². The first-order valence-electron chi connectivity index (χ1n) is 8.33. The molecule has 0 saturated heterocycles. The number of nitrogens with zero attached hydrogens (tertiary/aromatic N) is 3. The Kier molecular flexibility index (Phi) is 4.16. The van der Waals surface area contributed by atoms with E-state index in [-0.39, 0.29) is 17.8 Å². The van der Waals surface area contributed by atoms with Gasteiger partial charge in [-0.1, -0.05) is 0 Å². The van der Waals surface area contributed by atoms with Crippen molar-refractivity contribution in [2.75, 3.05) is 18.5 Å². The summed E-state index contributed by atoms with van der Waals surface area (Å²) in [5.41, 5.74) is 1.13. The number of aromatic nitrogens is 3. The summed E-state index contributed by atoms with van der Waals surface area (Å²) in [5, 5.41) is 7.46. The topological polar surface area (TPSA) is 95.3 Å². The minimum Gasteiger partial charge on any atom is -0.477 e. The van der Waals surface area contributed by atoms with E-state index < -0.39 is 0 Å². The molecule has 9 heteroatoms. The molecule has 1 amide bonds. The van der Waals surface area contributed by atoms with Crippen molar-refractivity contribution in [2.45, 2.75) is 38.6 Å². The molecule has 1 N–H and O–H groups in total. The summed E-state index contributed by atoms with van der Waals surface area (Å²) < 4.78 is 12.3. The summed E-state index contributed by atoms with van der Waals surface area (Å²) >= 11 is 1.41. The van der Waals surface area contributed by atoms with Gasteiger partial charge >= 0.3 is 5.97 Å². The molecular formula is C16H18N4O4S. The second-order valence-electron chi connectivity index (χ2n) is 5.91. The molecular weight excluding hydrogens is 344 g/mol. The lowest BCUT2D eigenvalue weighted by molar-refractivity contribution is -0.145. The Morgan fingerprint density at radius 3 is 3.24 bits per heavy atom. The zero-order valence-corrected chi connectivity index (χ0v) is 14.6. The third-order valence-corrected chi connectivity index (χ3v) is 5.34. The van der Waals surface area contributed by atoms with Gasteiger partial charge in [-0.25, -0.2) is 9.67 Å². The number of hydrogen-bond donors (Lipinski definition) is 1. The highest BCUT2D eigenvalue weighted by atomic mass is 32.1. The predicted octanol–water partition coefficient (Wildman–Crippen LogP) is 1.97. The van der Waals surface area contributed by atoms with Crippen molar-refractivity contribution in [1.29, 1.82) is 0 Å². The molecule has 1 atom stereocenters. The molecule has 2 aliphatic rings. The number of ether oxygens (including phenoxy) is 2. The summed E-state index contributed by atoms with van der Waals surface area (Å²) in [4.78, 5) is 30.0. The predicted molar refractivity (Wildman–Crippen MR) is 90.1 cm³/mol. The number of nitrogens with one attached hydrogen (secondary N) is 1. The SMILES string of the molecule is CCOC(=O)[C@@H]1CCc2sc(NC(=O)c3cnn4c3OCCC4)nc21. The number of anilines is 1. The number of rotatable bonds is 4. The number of aryl methyl sites for hydroxylation is 2. The van der Waals surface area contributed by atoms with Crippen molar-refractivity contribution in [3.63, 3.8) is 0 Å². The Morgan fingerprint density at radius 1 is 1.52 bits per heavy atom.